The molecule has 1 unspecified atom stereocenters. The molecule has 0 saturated carbocycles. The number of rotatable bonds is 9. The maximum absolute atomic E-state index is 13.5. The van der Waals surface area contributed by atoms with E-state index in [1.165, 1.54) is 19.1 Å². The third-order valence-electron chi connectivity index (χ3n) is 6.60. The molecule has 13 nitrogen and oxygen atoms in total. The summed E-state index contributed by atoms with van der Waals surface area (Å²) in [6.45, 7) is 7.77. The lowest BCUT2D eigenvalue weighted by Crippen LogP contribution is -2.56. The highest BCUT2D eigenvalue weighted by Gasteiger charge is 2.40. The summed E-state index contributed by atoms with van der Waals surface area (Å²) in [4.78, 5) is 29.1. The number of aryl methyl sites for hydroxylation is 1. The largest absolute Gasteiger partial charge is 0.569 e. The number of hydrazine groups is 1. The summed E-state index contributed by atoms with van der Waals surface area (Å²) < 4.78 is 74.2. The topological polar surface area (TPSA) is 158 Å². The third kappa shape index (κ3) is 7.89. The van der Waals surface area contributed by atoms with Gasteiger partial charge in [-0.25, -0.2) is 17.8 Å². The highest BCUT2D eigenvalue weighted by atomic mass is 32.2. The van der Waals surface area contributed by atoms with Crippen LogP contribution in [0.5, 0.6) is 0 Å². The van der Waals surface area contributed by atoms with Gasteiger partial charge in [-0.2, -0.15) is 18.3 Å². The number of hydrogen-bond acceptors (Lipinski definition) is 9. The second-order valence-corrected chi connectivity index (χ2v) is 13.1. The Morgan fingerprint density at radius 2 is 1.69 bits per heavy atom. The number of halogens is 3. The van der Waals surface area contributed by atoms with Gasteiger partial charge in [-0.1, -0.05) is 29.8 Å². The van der Waals surface area contributed by atoms with Gasteiger partial charge in [0.1, 0.15) is 0 Å². The van der Waals surface area contributed by atoms with Crippen LogP contribution in [-0.4, -0.2) is 59.4 Å². The summed E-state index contributed by atoms with van der Waals surface area (Å²) >= 11 is 0. The molecule has 4 rings (SSSR count). The number of carbonyl (C=O) groups excluding carboxylic acids is 2. The molecule has 1 N–H and O–H groups in total. The maximum Gasteiger partial charge on any atom is 0.435 e. The Kier molecular flexibility index (Phi) is 9.14. The molecule has 2 aromatic carbocycles. The number of hydrogen-bond donors (Lipinski definition) is 1. The molecule has 1 aliphatic heterocycles. The molecular formula is C28H31F3N6O7S. The molecule has 0 bridgehead atoms. The van der Waals surface area contributed by atoms with Crippen LogP contribution in [0, 0.1) is 23.5 Å². The van der Waals surface area contributed by atoms with Gasteiger partial charge >= 0.3 is 12.1 Å². The molecule has 3 aromatic rings. The molecule has 0 radical (unpaired) electrons. The molecule has 2 heterocycles. The Morgan fingerprint density at radius 1 is 1.09 bits per heavy atom. The Labute approximate surface area is 256 Å². The minimum atomic E-state index is -4.71. The second-order valence-electron chi connectivity index (χ2n) is 11.4. The van der Waals surface area contributed by atoms with Crippen molar-refractivity contribution in [2.45, 2.75) is 52.0 Å². The van der Waals surface area contributed by atoms with Gasteiger partial charge in [0.2, 0.25) is 11.2 Å². The van der Waals surface area contributed by atoms with E-state index in [9.17, 15) is 36.4 Å². The number of aromatic nitrogens is 2. The molecule has 1 aliphatic rings. The van der Waals surface area contributed by atoms with Crippen molar-refractivity contribution in [3.63, 3.8) is 0 Å². The van der Waals surface area contributed by atoms with E-state index in [4.69, 9.17) is 9.57 Å². The minimum Gasteiger partial charge on any atom is -0.569 e. The molecule has 242 valence electrons. The summed E-state index contributed by atoms with van der Waals surface area (Å²) in [5, 5.41) is 20.1. The number of benzene rings is 2. The van der Waals surface area contributed by atoms with Crippen LogP contribution < -0.4 is 4.72 Å². The van der Waals surface area contributed by atoms with Crippen LogP contribution in [0.15, 0.2) is 64.8 Å². The highest BCUT2D eigenvalue weighted by molar-refractivity contribution is 7.90. The molecule has 45 heavy (non-hydrogen) atoms. The Bertz CT molecular complexity index is 1690. The molecular weight excluding hydrogens is 621 g/mol. The summed E-state index contributed by atoms with van der Waals surface area (Å²) in [6, 6.07) is 12.5. The Morgan fingerprint density at radius 3 is 2.24 bits per heavy atom. The zero-order valence-corrected chi connectivity index (χ0v) is 25.7. The molecule has 1 aromatic heterocycles. The van der Waals surface area contributed by atoms with Gasteiger partial charge in [-0.15, -0.1) is 5.01 Å². The number of esters is 1. The molecule has 17 heteroatoms. The first-order valence-electron chi connectivity index (χ1n) is 13.6. The van der Waals surface area contributed by atoms with E-state index in [0.29, 0.717) is 5.56 Å². The van der Waals surface area contributed by atoms with Gasteiger partial charge in [-0.05, 0) is 58.0 Å². The van der Waals surface area contributed by atoms with Gasteiger partial charge in [0.05, 0.1) is 45.7 Å². The fourth-order valence-corrected chi connectivity index (χ4v) is 5.00. The van der Waals surface area contributed by atoms with Crippen molar-refractivity contribution < 1.29 is 45.7 Å². The van der Waals surface area contributed by atoms with Crippen molar-refractivity contribution in [2.75, 3.05) is 13.1 Å². The molecule has 1 fully saturated rings. The van der Waals surface area contributed by atoms with Crippen molar-refractivity contribution in [3.8, 4) is 16.9 Å². The first-order chi connectivity index (χ1) is 20.8. The lowest BCUT2D eigenvalue weighted by Gasteiger charge is -2.32. The standard InChI is InChI=1S/C28H31F3N6O7S/c1-17-6-8-19(9-7-17)23-14-24(28(29,30)31)32-36(23)21-10-12-22(13-11-21)45(41,42)33-25(38)20-15-35(16-20)37(40)34-44-18(2)43-26(39)27(3,4)5/h6-14,18,20H,15-16H2,1-5H3,(H,33,38)/b37-34+. The molecule has 0 spiro atoms. The van der Waals surface area contributed by atoms with Gasteiger partial charge in [0.15, 0.2) is 5.69 Å². The highest BCUT2D eigenvalue weighted by Crippen LogP contribution is 2.33. The van der Waals surface area contributed by atoms with Crippen molar-refractivity contribution in [1.82, 2.24) is 19.5 Å². The predicted molar refractivity (Wildman–Crippen MR) is 151 cm³/mol. The number of nitrogens with zero attached hydrogens (tertiary/aromatic N) is 5. The van der Waals surface area contributed by atoms with Crippen LogP contribution in [-0.2, 0) is 35.4 Å². The number of ether oxygens (including phenoxy) is 1. The van der Waals surface area contributed by atoms with E-state index in [1.807, 2.05) is 11.6 Å². The van der Waals surface area contributed by atoms with Gasteiger partial charge in [0.25, 0.3) is 16.3 Å². The number of carbonyl (C=O) groups is 2. The fraction of sp³-hybridized carbons (Fsp3) is 0.393. The molecule has 0 aliphatic carbocycles. The third-order valence-corrected chi connectivity index (χ3v) is 7.96. The van der Waals surface area contributed by atoms with Crippen molar-refractivity contribution >= 4 is 21.9 Å². The number of nitrogens with one attached hydrogen (secondary N) is 1. The Hall–Kier alpha value is -4.67. The SMILES string of the molecule is Cc1ccc(-c2cc(C(F)(F)F)nn2-c2ccc(S(=O)(=O)NC(=O)C3CN(/[N+]([O-])=N\OC(C)OC(=O)C(C)(C)C)C3)cc2)cc1. The summed E-state index contributed by atoms with van der Waals surface area (Å²) in [5.41, 5.74) is -0.230. The quantitative estimate of drug-likeness (QED) is 0.117. The van der Waals surface area contributed by atoms with Crippen molar-refractivity contribution in [2.24, 2.45) is 16.6 Å². The number of amides is 1. The summed E-state index contributed by atoms with van der Waals surface area (Å²) in [5.74, 6) is -2.31. The first kappa shape index (κ1) is 33.2. The number of sulfonamides is 1. The van der Waals surface area contributed by atoms with E-state index < -0.39 is 51.4 Å². The lowest BCUT2D eigenvalue weighted by molar-refractivity contribution is -0.727. The molecule has 1 amide bonds. The molecule has 1 saturated heterocycles. The number of alkyl halides is 3. The van der Waals surface area contributed by atoms with Crippen molar-refractivity contribution in [3.05, 3.63) is 71.1 Å². The van der Waals surface area contributed by atoms with Gasteiger partial charge in [-0.3, -0.25) is 14.4 Å². The van der Waals surface area contributed by atoms with Crippen LogP contribution in [0.25, 0.3) is 16.9 Å². The predicted octanol–water partition coefficient (Wildman–Crippen LogP) is 4.35. The van der Waals surface area contributed by atoms with E-state index in [2.05, 4.69) is 10.4 Å². The van der Waals surface area contributed by atoms with E-state index in [0.717, 1.165) is 33.5 Å². The fourth-order valence-electron chi connectivity index (χ4n) is 3.96. The van der Waals surface area contributed by atoms with Gasteiger partial charge in [0, 0.05) is 12.5 Å². The normalized spacial score (nSPS) is 15.3. The zero-order valence-electron chi connectivity index (χ0n) is 24.9. The summed E-state index contributed by atoms with van der Waals surface area (Å²) in [7, 11) is -4.36. The first-order valence-corrected chi connectivity index (χ1v) is 15.0. The maximum atomic E-state index is 13.5. The van der Waals surface area contributed by atoms with Crippen LogP contribution in [0.1, 0.15) is 39.0 Å². The lowest BCUT2D eigenvalue weighted by atomic mass is 9.97. The average Bonchev–Trinajstić information content (AvgIpc) is 3.37. The van der Waals surface area contributed by atoms with Crippen LogP contribution in [0.2, 0.25) is 0 Å². The second kappa shape index (κ2) is 12.4. The van der Waals surface area contributed by atoms with E-state index >= 15 is 0 Å². The monoisotopic (exact) mass is 652 g/mol. The Balaban J connectivity index is 1.39. The average molecular weight is 653 g/mol. The van der Waals surface area contributed by atoms with Crippen molar-refractivity contribution in [1.29, 1.82) is 0 Å². The smallest absolute Gasteiger partial charge is 0.435 e. The van der Waals surface area contributed by atoms with Crippen LogP contribution >= 0.6 is 0 Å². The zero-order chi connectivity index (χ0) is 33.3. The van der Waals surface area contributed by atoms with Crippen LogP contribution in [0.4, 0.5) is 13.2 Å². The van der Waals surface area contributed by atoms with E-state index in [1.54, 1.807) is 45.0 Å². The molecule has 1 atom stereocenters. The minimum absolute atomic E-state index is 0.0583. The van der Waals surface area contributed by atoms with Gasteiger partial charge < -0.3 is 9.94 Å². The van der Waals surface area contributed by atoms with Crippen LogP contribution in [0.3, 0.4) is 0 Å². The van der Waals surface area contributed by atoms with E-state index in [-0.39, 0.29) is 34.3 Å². The summed E-state index contributed by atoms with van der Waals surface area (Å²) in [6.07, 6.45) is -5.86.